The summed E-state index contributed by atoms with van der Waals surface area (Å²) in [4.78, 5) is 11.7. The molecule has 0 aliphatic heterocycles. The predicted octanol–water partition coefficient (Wildman–Crippen LogP) is 2.46. The van der Waals surface area contributed by atoms with Crippen LogP contribution in [0.1, 0.15) is 20.8 Å². The predicted molar refractivity (Wildman–Crippen MR) is 73.8 cm³/mol. The summed E-state index contributed by atoms with van der Waals surface area (Å²) in [6, 6.07) is 4.92. The number of amides is 1. The smallest absolute Gasteiger partial charge is 0.260 e. The van der Waals surface area contributed by atoms with Gasteiger partial charge in [0, 0.05) is 17.6 Å². The lowest BCUT2D eigenvalue weighted by Crippen LogP contribution is -2.38. The summed E-state index contributed by atoms with van der Waals surface area (Å²) >= 11 is 5.85. The van der Waals surface area contributed by atoms with E-state index >= 15 is 0 Å². The third kappa shape index (κ3) is 4.45. The Kier molecular flexibility index (Phi) is 5.28. The normalized spacial score (nSPS) is 12.3. The number of hydrogen-bond acceptors (Lipinski definition) is 3. The van der Waals surface area contributed by atoms with Gasteiger partial charge in [0.25, 0.3) is 5.91 Å². The third-order valence-electron chi connectivity index (χ3n) is 2.33. The molecule has 100 valence electrons. The van der Waals surface area contributed by atoms with Crippen molar-refractivity contribution < 1.29 is 9.53 Å². The Hall–Kier alpha value is -1.42. The fourth-order valence-corrected chi connectivity index (χ4v) is 1.46. The molecule has 1 aromatic rings. The minimum atomic E-state index is -0.607. The highest BCUT2D eigenvalue weighted by Gasteiger charge is 2.15. The topological polar surface area (TPSA) is 64.3 Å². The molecular formula is C13H19ClN2O2. The van der Waals surface area contributed by atoms with E-state index in [1.165, 1.54) is 0 Å². The SMILES string of the molecule is CC(C)CNC(=O)C(C)Oc1cc(Cl)ccc1N. The number of halogens is 1. The quantitative estimate of drug-likeness (QED) is 0.808. The van der Waals surface area contributed by atoms with Gasteiger partial charge in [0.05, 0.1) is 5.69 Å². The molecule has 1 atom stereocenters. The first-order valence-corrected chi connectivity index (χ1v) is 6.27. The van der Waals surface area contributed by atoms with E-state index in [9.17, 15) is 4.79 Å². The molecule has 0 heterocycles. The van der Waals surface area contributed by atoms with E-state index in [0.29, 0.717) is 28.9 Å². The Morgan fingerprint density at radius 2 is 2.11 bits per heavy atom. The Morgan fingerprint density at radius 1 is 1.44 bits per heavy atom. The molecule has 1 rings (SSSR count). The van der Waals surface area contributed by atoms with Gasteiger partial charge in [-0.05, 0) is 25.0 Å². The van der Waals surface area contributed by atoms with Crippen LogP contribution < -0.4 is 15.8 Å². The molecule has 0 fully saturated rings. The molecule has 0 radical (unpaired) electrons. The molecule has 4 nitrogen and oxygen atoms in total. The maximum atomic E-state index is 11.7. The Morgan fingerprint density at radius 3 is 2.72 bits per heavy atom. The largest absolute Gasteiger partial charge is 0.479 e. The summed E-state index contributed by atoms with van der Waals surface area (Å²) in [6.07, 6.45) is -0.607. The maximum absolute atomic E-state index is 11.7. The highest BCUT2D eigenvalue weighted by Crippen LogP contribution is 2.26. The van der Waals surface area contributed by atoms with Gasteiger partial charge in [0.15, 0.2) is 6.10 Å². The number of hydrogen-bond donors (Lipinski definition) is 2. The van der Waals surface area contributed by atoms with Gasteiger partial charge in [-0.25, -0.2) is 0 Å². The summed E-state index contributed by atoms with van der Waals surface area (Å²) in [7, 11) is 0. The lowest BCUT2D eigenvalue weighted by Gasteiger charge is -2.17. The molecule has 0 aliphatic rings. The van der Waals surface area contributed by atoms with Crippen LogP contribution in [-0.2, 0) is 4.79 Å². The zero-order valence-electron chi connectivity index (χ0n) is 10.9. The van der Waals surface area contributed by atoms with Crippen LogP contribution in [0.3, 0.4) is 0 Å². The van der Waals surface area contributed by atoms with E-state index in [1.54, 1.807) is 25.1 Å². The first-order valence-electron chi connectivity index (χ1n) is 5.89. The van der Waals surface area contributed by atoms with Crippen LogP contribution in [-0.4, -0.2) is 18.6 Å². The average Bonchev–Trinajstić information content (AvgIpc) is 2.30. The van der Waals surface area contributed by atoms with E-state index in [4.69, 9.17) is 22.1 Å². The number of ether oxygens (including phenoxy) is 1. The summed E-state index contributed by atoms with van der Waals surface area (Å²) < 4.78 is 5.50. The standard InChI is InChI=1S/C13H19ClN2O2/c1-8(2)7-16-13(17)9(3)18-12-6-10(14)4-5-11(12)15/h4-6,8-9H,7,15H2,1-3H3,(H,16,17). The molecule has 18 heavy (non-hydrogen) atoms. The molecule has 0 aliphatic carbocycles. The minimum absolute atomic E-state index is 0.164. The van der Waals surface area contributed by atoms with E-state index in [1.807, 2.05) is 13.8 Å². The van der Waals surface area contributed by atoms with E-state index in [2.05, 4.69) is 5.32 Å². The molecule has 5 heteroatoms. The number of rotatable bonds is 5. The van der Waals surface area contributed by atoms with Crippen LogP contribution in [0.25, 0.3) is 0 Å². The van der Waals surface area contributed by atoms with Gasteiger partial charge < -0.3 is 15.8 Å². The molecule has 0 saturated heterocycles. The van der Waals surface area contributed by atoms with Gasteiger partial charge in [0.1, 0.15) is 5.75 Å². The molecule has 0 bridgehead atoms. The van der Waals surface area contributed by atoms with Crippen molar-refractivity contribution in [1.82, 2.24) is 5.32 Å². The summed E-state index contributed by atoms with van der Waals surface area (Å²) in [6.45, 7) is 6.36. The lowest BCUT2D eigenvalue weighted by atomic mass is 10.2. The number of carbonyl (C=O) groups is 1. The van der Waals surface area contributed by atoms with Crippen LogP contribution in [0.2, 0.25) is 5.02 Å². The number of nitrogens with two attached hydrogens (primary N) is 1. The summed E-state index contributed by atoms with van der Waals surface area (Å²) in [5.41, 5.74) is 6.21. The van der Waals surface area contributed by atoms with Crippen LogP contribution in [0.5, 0.6) is 5.75 Å². The Balaban J connectivity index is 2.60. The van der Waals surface area contributed by atoms with Crippen molar-refractivity contribution in [2.75, 3.05) is 12.3 Å². The van der Waals surface area contributed by atoms with Crippen LogP contribution in [0, 0.1) is 5.92 Å². The van der Waals surface area contributed by atoms with Gasteiger partial charge in [-0.15, -0.1) is 0 Å². The van der Waals surface area contributed by atoms with Crippen LogP contribution >= 0.6 is 11.6 Å². The fourth-order valence-electron chi connectivity index (χ4n) is 1.30. The highest BCUT2D eigenvalue weighted by molar-refractivity contribution is 6.30. The second-order valence-electron chi connectivity index (χ2n) is 4.58. The second kappa shape index (κ2) is 6.50. The van der Waals surface area contributed by atoms with E-state index < -0.39 is 6.10 Å². The molecule has 3 N–H and O–H groups in total. The molecular weight excluding hydrogens is 252 g/mol. The van der Waals surface area contributed by atoms with Crippen LogP contribution in [0.4, 0.5) is 5.69 Å². The van der Waals surface area contributed by atoms with Gasteiger partial charge in [-0.1, -0.05) is 25.4 Å². The molecule has 1 unspecified atom stereocenters. The summed E-state index contributed by atoms with van der Waals surface area (Å²) in [5.74, 6) is 0.662. The molecule has 0 spiro atoms. The highest BCUT2D eigenvalue weighted by atomic mass is 35.5. The van der Waals surface area contributed by atoms with Crippen molar-refractivity contribution in [3.05, 3.63) is 23.2 Å². The van der Waals surface area contributed by atoms with Crippen molar-refractivity contribution in [2.45, 2.75) is 26.9 Å². The molecule has 0 aromatic heterocycles. The second-order valence-corrected chi connectivity index (χ2v) is 5.02. The average molecular weight is 271 g/mol. The van der Waals surface area contributed by atoms with Gasteiger partial charge >= 0.3 is 0 Å². The zero-order valence-corrected chi connectivity index (χ0v) is 11.6. The molecule has 0 saturated carbocycles. The maximum Gasteiger partial charge on any atom is 0.260 e. The summed E-state index contributed by atoms with van der Waals surface area (Å²) in [5, 5.41) is 3.32. The van der Waals surface area contributed by atoms with E-state index in [-0.39, 0.29) is 5.91 Å². The van der Waals surface area contributed by atoms with Crippen LogP contribution in [0.15, 0.2) is 18.2 Å². The first kappa shape index (κ1) is 14.6. The Bertz CT molecular complexity index is 421. The Labute approximate surface area is 112 Å². The fraction of sp³-hybridized carbons (Fsp3) is 0.462. The minimum Gasteiger partial charge on any atom is -0.479 e. The monoisotopic (exact) mass is 270 g/mol. The third-order valence-corrected chi connectivity index (χ3v) is 2.57. The number of carbonyl (C=O) groups excluding carboxylic acids is 1. The van der Waals surface area contributed by atoms with Crippen molar-refractivity contribution >= 4 is 23.2 Å². The van der Waals surface area contributed by atoms with Crippen molar-refractivity contribution in [1.29, 1.82) is 0 Å². The van der Waals surface area contributed by atoms with Gasteiger partial charge in [-0.2, -0.15) is 0 Å². The number of benzene rings is 1. The van der Waals surface area contributed by atoms with Crippen molar-refractivity contribution in [3.63, 3.8) is 0 Å². The zero-order chi connectivity index (χ0) is 13.7. The number of nitrogens with one attached hydrogen (secondary N) is 1. The lowest BCUT2D eigenvalue weighted by molar-refractivity contribution is -0.127. The van der Waals surface area contributed by atoms with Gasteiger partial charge in [0.2, 0.25) is 0 Å². The number of anilines is 1. The number of nitrogen functional groups attached to an aromatic ring is 1. The van der Waals surface area contributed by atoms with Crippen molar-refractivity contribution in [3.8, 4) is 5.75 Å². The van der Waals surface area contributed by atoms with Crippen molar-refractivity contribution in [2.24, 2.45) is 5.92 Å². The molecule has 1 amide bonds. The first-order chi connectivity index (χ1) is 8.40. The molecule has 1 aromatic carbocycles. The van der Waals surface area contributed by atoms with Gasteiger partial charge in [-0.3, -0.25) is 4.79 Å². The van der Waals surface area contributed by atoms with E-state index in [0.717, 1.165) is 0 Å².